The van der Waals surface area contributed by atoms with Crippen LogP contribution in [0, 0.1) is 20.8 Å². The van der Waals surface area contributed by atoms with Gasteiger partial charge in [-0.1, -0.05) is 23.8 Å². The smallest absolute Gasteiger partial charge is 0.259 e. The molecule has 1 aromatic heterocycles. The second-order valence-corrected chi connectivity index (χ2v) is 6.28. The minimum atomic E-state index is -0.157. The van der Waals surface area contributed by atoms with Crippen molar-refractivity contribution >= 4 is 28.6 Å². The van der Waals surface area contributed by atoms with Crippen molar-refractivity contribution in [1.29, 1.82) is 0 Å². The SMILES string of the molecule is C/C(=N/NC(=O)CNc1c(C)cc(C)cc1C)c1cccs1. The fourth-order valence-corrected chi connectivity index (χ4v) is 3.03. The summed E-state index contributed by atoms with van der Waals surface area (Å²) in [5.41, 5.74) is 7.92. The van der Waals surface area contributed by atoms with E-state index in [1.807, 2.05) is 38.3 Å². The van der Waals surface area contributed by atoms with Crippen LogP contribution in [-0.4, -0.2) is 18.2 Å². The summed E-state index contributed by atoms with van der Waals surface area (Å²) in [6.45, 7) is 8.23. The molecule has 0 bridgehead atoms. The van der Waals surface area contributed by atoms with E-state index in [9.17, 15) is 4.79 Å². The molecule has 0 atom stereocenters. The van der Waals surface area contributed by atoms with Crippen molar-refractivity contribution in [2.24, 2.45) is 5.10 Å². The van der Waals surface area contributed by atoms with Gasteiger partial charge < -0.3 is 5.32 Å². The van der Waals surface area contributed by atoms with Crippen molar-refractivity contribution < 1.29 is 4.79 Å². The van der Waals surface area contributed by atoms with E-state index in [4.69, 9.17) is 0 Å². The highest BCUT2D eigenvalue weighted by molar-refractivity contribution is 7.12. The van der Waals surface area contributed by atoms with E-state index in [-0.39, 0.29) is 12.5 Å². The second kappa shape index (κ2) is 7.22. The van der Waals surface area contributed by atoms with Crippen LogP contribution in [0.15, 0.2) is 34.7 Å². The van der Waals surface area contributed by atoms with Crippen molar-refractivity contribution in [2.45, 2.75) is 27.7 Å². The Morgan fingerprint density at radius 1 is 1.23 bits per heavy atom. The molecule has 0 aliphatic heterocycles. The van der Waals surface area contributed by atoms with Gasteiger partial charge in [-0.15, -0.1) is 11.3 Å². The number of rotatable bonds is 5. The zero-order valence-electron chi connectivity index (χ0n) is 13.4. The third-order valence-corrected chi connectivity index (χ3v) is 4.31. The highest BCUT2D eigenvalue weighted by atomic mass is 32.1. The van der Waals surface area contributed by atoms with Gasteiger partial charge in [0.25, 0.3) is 5.91 Å². The maximum Gasteiger partial charge on any atom is 0.259 e. The van der Waals surface area contributed by atoms with Crippen LogP contribution in [0.1, 0.15) is 28.5 Å². The monoisotopic (exact) mass is 315 g/mol. The number of thiophene rings is 1. The molecule has 0 spiro atoms. The molecule has 1 aromatic carbocycles. The molecule has 1 heterocycles. The topological polar surface area (TPSA) is 53.5 Å². The molecule has 0 saturated heterocycles. The van der Waals surface area contributed by atoms with E-state index < -0.39 is 0 Å². The van der Waals surface area contributed by atoms with Gasteiger partial charge in [-0.3, -0.25) is 4.79 Å². The number of amides is 1. The van der Waals surface area contributed by atoms with Gasteiger partial charge in [0.05, 0.1) is 12.3 Å². The Bertz CT molecular complexity index is 667. The Balaban J connectivity index is 1.92. The van der Waals surface area contributed by atoms with Crippen LogP contribution in [0.3, 0.4) is 0 Å². The van der Waals surface area contributed by atoms with Crippen LogP contribution in [0.5, 0.6) is 0 Å². The van der Waals surface area contributed by atoms with Crippen LogP contribution >= 0.6 is 11.3 Å². The van der Waals surface area contributed by atoms with E-state index in [0.29, 0.717) is 0 Å². The first kappa shape index (κ1) is 16.2. The highest BCUT2D eigenvalue weighted by Crippen LogP contribution is 2.21. The Kier molecular flexibility index (Phi) is 5.33. The summed E-state index contributed by atoms with van der Waals surface area (Å²) in [6.07, 6.45) is 0. The van der Waals surface area contributed by atoms with Crippen LogP contribution in [-0.2, 0) is 4.79 Å². The normalized spacial score (nSPS) is 11.4. The molecule has 2 N–H and O–H groups in total. The molecule has 1 amide bonds. The van der Waals surface area contributed by atoms with Gasteiger partial charge in [0.15, 0.2) is 0 Å². The van der Waals surface area contributed by atoms with E-state index in [2.05, 4.69) is 34.9 Å². The minimum Gasteiger partial charge on any atom is -0.376 e. The molecule has 0 unspecified atom stereocenters. The van der Waals surface area contributed by atoms with Crippen LogP contribution in [0.2, 0.25) is 0 Å². The summed E-state index contributed by atoms with van der Waals surface area (Å²) < 4.78 is 0. The number of carbonyl (C=O) groups is 1. The van der Waals surface area contributed by atoms with Crippen molar-refractivity contribution in [3.05, 3.63) is 51.2 Å². The number of hydrogen-bond donors (Lipinski definition) is 2. The molecule has 2 rings (SSSR count). The summed E-state index contributed by atoms with van der Waals surface area (Å²) in [5.74, 6) is -0.157. The molecule has 116 valence electrons. The molecule has 0 fully saturated rings. The zero-order chi connectivity index (χ0) is 16.1. The first-order valence-electron chi connectivity index (χ1n) is 7.16. The molecule has 0 aliphatic rings. The van der Waals surface area contributed by atoms with Crippen LogP contribution in [0.4, 0.5) is 5.69 Å². The Labute approximate surface area is 135 Å². The fraction of sp³-hybridized carbons (Fsp3) is 0.294. The predicted octanol–water partition coefficient (Wildman–Crippen LogP) is 3.63. The Morgan fingerprint density at radius 3 is 2.50 bits per heavy atom. The zero-order valence-corrected chi connectivity index (χ0v) is 14.2. The van der Waals surface area contributed by atoms with Gasteiger partial charge in [0, 0.05) is 10.6 Å². The lowest BCUT2D eigenvalue weighted by molar-refractivity contribution is -0.119. The Morgan fingerprint density at radius 2 is 1.91 bits per heavy atom. The summed E-state index contributed by atoms with van der Waals surface area (Å²) >= 11 is 1.60. The molecule has 0 aliphatic carbocycles. The van der Waals surface area contributed by atoms with E-state index >= 15 is 0 Å². The summed E-state index contributed by atoms with van der Waals surface area (Å²) in [7, 11) is 0. The standard InChI is InChI=1S/C17H21N3OS/c1-11-8-12(2)17(13(3)9-11)18-10-16(21)20-19-14(4)15-6-5-7-22-15/h5-9,18H,10H2,1-4H3,(H,20,21)/b19-14-. The van der Waals surface area contributed by atoms with Crippen LogP contribution < -0.4 is 10.7 Å². The molecule has 2 aromatic rings. The largest absolute Gasteiger partial charge is 0.376 e. The summed E-state index contributed by atoms with van der Waals surface area (Å²) in [5, 5.41) is 9.30. The average Bonchev–Trinajstić information content (AvgIpc) is 2.97. The number of hydrazone groups is 1. The summed E-state index contributed by atoms with van der Waals surface area (Å²) in [6, 6.07) is 8.15. The maximum atomic E-state index is 11.9. The number of anilines is 1. The average molecular weight is 315 g/mol. The third-order valence-electron chi connectivity index (χ3n) is 3.33. The van der Waals surface area contributed by atoms with Gasteiger partial charge >= 0.3 is 0 Å². The number of benzene rings is 1. The van der Waals surface area contributed by atoms with Crippen molar-refractivity contribution in [2.75, 3.05) is 11.9 Å². The van der Waals surface area contributed by atoms with Gasteiger partial charge in [-0.2, -0.15) is 5.10 Å². The van der Waals surface area contributed by atoms with Crippen molar-refractivity contribution in [3.8, 4) is 0 Å². The third kappa shape index (κ3) is 4.18. The molecule has 0 radical (unpaired) electrons. The molecular formula is C17H21N3OS. The van der Waals surface area contributed by atoms with Gasteiger partial charge in [0.2, 0.25) is 0 Å². The minimum absolute atomic E-state index is 0.157. The second-order valence-electron chi connectivity index (χ2n) is 5.34. The maximum absolute atomic E-state index is 11.9. The fourth-order valence-electron chi connectivity index (χ4n) is 2.35. The van der Waals surface area contributed by atoms with Gasteiger partial charge in [-0.25, -0.2) is 5.43 Å². The number of carbonyl (C=O) groups excluding carboxylic acids is 1. The van der Waals surface area contributed by atoms with Crippen molar-refractivity contribution in [1.82, 2.24) is 5.43 Å². The van der Waals surface area contributed by atoms with Crippen molar-refractivity contribution in [3.63, 3.8) is 0 Å². The summed E-state index contributed by atoms with van der Waals surface area (Å²) in [4.78, 5) is 13.0. The highest BCUT2D eigenvalue weighted by Gasteiger charge is 2.06. The molecule has 4 nitrogen and oxygen atoms in total. The number of nitrogens with one attached hydrogen (secondary N) is 2. The van der Waals surface area contributed by atoms with Crippen LogP contribution in [0.25, 0.3) is 0 Å². The number of aryl methyl sites for hydroxylation is 3. The van der Waals surface area contributed by atoms with E-state index in [0.717, 1.165) is 27.4 Å². The Hall–Kier alpha value is -2.14. The van der Waals surface area contributed by atoms with Gasteiger partial charge in [-0.05, 0) is 50.3 Å². The molecule has 0 saturated carbocycles. The lowest BCUT2D eigenvalue weighted by Gasteiger charge is -2.13. The first-order chi connectivity index (χ1) is 10.5. The predicted molar refractivity (Wildman–Crippen MR) is 93.8 cm³/mol. The lowest BCUT2D eigenvalue weighted by Crippen LogP contribution is -2.27. The lowest BCUT2D eigenvalue weighted by atomic mass is 10.1. The molecule has 22 heavy (non-hydrogen) atoms. The molecule has 5 heteroatoms. The first-order valence-corrected chi connectivity index (χ1v) is 8.04. The van der Waals surface area contributed by atoms with E-state index in [1.54, 1.807) is 11.3 Å². The quantitative estimate of drug-likeness (QED) is 0.654. The number of nitrogens with zero attached hydrogens (tertiary/aromatic N) is 1. The molecular weight excluding hydrogens is 294 g/mol. The number of hydrogen-bond acceptors (Lipinski definition) is 4. The van der Waals surface area contributed by atoms with E-state index in [1.165, 1.54) is 5.56 Å². The van der Waals surface area contributed by atoms with Gasteiger partial charge in [0.1, 0.15) is 0 Å².